The van der Waals surface area contributed by atoms with Crippen molar-refractivity contribution >= 4 is 11.7 Å². The first kappa shape index (κ1) is 23.0. The summed E-state index contributed by atoms with van der Waals surface area (Å²) in [6.45, 7) is 9.83. The van der Waals surface area contributed by atoms with Gasteiger partial charge < -0.3 is 19.8 Å². The Balaban J connectivity index is 0.00000176. The zero-order valence-corrected chi connectivity index (χ0v) is 16.8. The van der Waals surface area contributed by atoms with Crippen LogP contribution in [0.1, 0.15) is 52.3 Å². The molecule has 27 heavy (non-hydrogen) atoms. The fourth-order valence-electron chi connectivity index (χ4n) is 2.54. The molecule has 1 aromatic heterocycles. The van der Waals surface area contributed by atoms with Gasteiger partial charge in [-0.05, 0) is 44.4 Å². The lowest BCUT2D eigenvalue weighted by molar-refractivity contribution is 0.0270. The predicted octanol–water partition coefficient (Wildman–Crippen LogP) is 3.17. The zero-order valence-electron chi connectivity index (χ0n) is 16.8. The van der Waals surface area contributed by atoms with Crippen LogP contribution in [0.25, 0.3) is 5.57 Å². The van der Waals surface area contributed by atoms with Crippen molar-refractivity contribution in [1.82, 2.24) is 9.88 Å². The van der Waals surface area contributed by atoms with Crippen LogP contribution < -0.4 is 0 Å². The van der Waals surface area contributed by atoms with Gasteiger partial charge in [0.25, 0.3) is 0 Å². The number of carbonyl (C=O) groups excluding carboxylic acids is 1. The smallest absolute Gasteiger partial charge is 0.410 e. The molecule has 1 amide bonds. The summed E-state index contributed by atoms with van der Waals surface area (Å²) in [4.78, 5) is 17.8. The maximum Gasteiger partial charge on any atom is 0.410 e. The van der Waals surface area contributed by atoms with Gasteiger partial charge in [-0.15, -0.1) is 0 Å². The van der Waals surface area contributed by atoms with E-state index in [1.165, 1.54) is 12.3 Å². The fourth-order valence-corrected chi connectivity index (χ4v) is 2.54. The molecule has 2 rings (SSSR count). The van der Waals surface area contributed by atoms with Crippen LogP contribution in [-0.4, -0.2) is 57.6 Å². The van der Waals surface area contributed by atoms with Crippen molar-refractivity contribution in [3.8, 4) is 0 Å². The molecule has 7 heteroatoms. The van der Waals surface area contributed by atoms with E-state index in [0.29, 0.717) is 25.1 Å². The number of aliphatic hydroxyl groups excluding tert-OH is 2. The van der Waals surface area contributed by atoms with Crippen LogP contribution in [0.5, 0.6) is 0 Å². The van der Waals surface area contributed by atoms with E-state index in [1.54, 1.807) is 11.0 Å². The molecular formula is C20H31FN2O4. The highest BCUT2D eigenvalue weighted by atomic mass is 19.1. The first-order valence-electron chi connectivity index (χ1n) is 9.30. The second kappa shape index (κ2) is 10.4. The van der Waals surface area contributed by atoms with Crippen molar-refractivity contribution in [2.24, 2.45) is 0 Å². The van der Waals surface area contributed by atoms with E-state index in [1.807, 2.05) is 34.6 Å². The molecule has 2 N–H and O–H groups in total. The van der Waals surface area contributed by atoms with Crippen LogP contribution in [0, 0.1) is 5.82 Å². The van der Waals surface area contributed by atoms with Crippen molar-refractivity contribution in [2.75, 3.05) is 19.7 Å². The number of hydrogen-bond donors (Lipinski definition) is 2. The minimum Gasteiger partial charge on any atom is -0.444 e. The Kier molecular flexibility index (Phi) is 8.85. The summed E-state index contributed by atoms with van der Waals surface area (Å²) in [7, 11) is 0. The molecule has 0 radical (unpaired) electrons. The molecule has 0 aliphatic carbocycles. The summed E-state index contributed by atoms with van der Waals surface area (Å²) < 4.78 is 19.6. The molecule has 1 aliphatic heterocycles. The van der Waals surface area contributed by atoms with Crippen LogP contribution in [-0.2, 0) is 11.2 Å². The molecule has 0 unspecified atom stereocenters. The number of ether oxygens (including phenoxy) is 1. The minimum absolute atomic E-state index is 0.145. The Morgan fingerprint density at radius 2 is 2.07 bits per heavy atom. The average molecular weight is 382 g/mol. The highest BCUT2D eigenvalue weighted by molar-refractivity contribution is 5.72. The van der Waals surface area contributed by atoms with Crippen molar-refractivity contribution in [2.45, 2.75) is 59.2 Å². The largest absolute Gasteiger partial charge is 0.444 e. The number of pyridine rings is 1. The maximum absolute atomic E-state index is 14.3. The van der Waals surface area contributed by atoms with Gasteiger partial charge in [0.05, 0.1) is 12.7 Å². The second-order valence-electron chi connectivity index (χ2n) is 7.12. The number of rotatable bonds is 4. The van der Waals surface area contributed by atoms with E-state index in [0.717, 1.165) is 5.57 Å². The van der Waals surface area contributed by atoms with Crippen LogP contribution in [0.4, 0.5) is 9.18 Å². The molecule has 0 bridgehead atoms. The van der Waals surface area contributed by atoms with E-state index in [9.17, 15) is 14.3 Å². The van der Waals surface area contributed by atoms with Crippen molar-refractivity contribution in [1.29, 1.82) is 0 Å². The van der Waals surface area contributed by atoms with E-state index < -0.39 is 17.5 Å². The maximum atomic E-state index is 14.3. The number of amides is 1. The molecule has 6 nitrogen and oxygen atoms in total. The van der Waals surface area contributed by atoms with Crippen molar-refractivity contribution in [3.05, 3.63) is 35.4 Å². The Morgan fingerprint density at radius 3 is 2.56 bits per heavy atom. The number of nitrogens with zero attached hydrogens (tertiary/aromatic N) is 2. The van der Waals surface area contributed by atoms with E-state index >= 15 is 0 Å². The van der Waals surface area contributed by atoms with Crippen molar-refractivity contribution in [3.63, 3.8) is 0 Å². The first-order chi connectivity index (χ1) is 12.7. The normalized spacial score (nSPS) is 15.4. The molecule has 1 aromatic rings. The molecule has 0 spiro atoms. The molecule has 0 fully saturated rings. The van der Waals surface area contributed by atoms with Crippen LogP contribution >= 0.6 is 0 Å². The Hall–Kier alpha value is -1.99. The third-order valence-corrected chi connectivity index (χ3v) is 3.74. The first-order valence-corrected chi connectivity index (χ1v) is 9.30. The van der Waals surface area contributed by atoms with E-state index in [4.69, 9.17) is 9.84 Å². The fraction of sp³-hybridized carbons (Fsp3) is 0.600. The van der Waals surface area contributed by atoms with Gasteiger partial charge >= 0.3 is 6.09 Å². The number of aromatic nitrogens is 1. The summed E-state index contributed by atoms with van der Waals surface area (Å²) >= 11 is 0. The van der Waals surface area contributed by atoms with Crippen LogP contribution in [0.15, 0.2) is 18.3 Å². The van der Waals surface area contributed by atoms with Gasteiger partial charge in [0, 0.05) is 25.7 Å². The van der Waals surface area contributed by atoms with Gasteiger partial charge in [0.2, 0.25) is 0 Å². The SMILES string of the molecule is CC.CC(C)(C)OC(=O)N1CC=C(c2ncc(C[C@@H](O)CO)cc2F)CC1. The predicted molar refractivity (Wildman–Crippen MR) is 103 cm³/mol. The minimum atomic E-state index is -0.927. The van der Waals surface area contributed by atoms with Crippen LogP contribution in [0.2, 0.25) is 0 Å². The van der Waals surface area contributed by atoms with Crippen molar-refractivity contribution < 1.29 is 24.1 Å². The second-order valence-corrected chi connectivity index (χ2v) is 7.12. The molecule has 1 atom stereocenters. The third kappa shape index (κ3) is 7.27. The molecular weight excluding hydrogens is 351 g/mol. The van der Waals surface area contributed by atoms with Crippen LogP contribution in [0.3, 0.4) is 0 Å². The zero-order chi connectivity index (χ0) is 20.6. The number of carbonyl (C=O) groups is 1. The van der Waals surface area contributed by atoms with Gasteiger partial charge in [-0.1, -0.05) is 19.9 Å². The summed E-state index contributed by atoms with van der Waals surface area (Å²) in [5, 5.41) is 18.3. The average Bonchev–Trinajstić information content (AvgIpc) is 2.62. The number of hydrogen-bond acceptors (Lipinski definition) is 5. The highest BCUT2D eigenvalue weighted by Gasteiger charge is 2.25. The summed E-state index contributed by atoms with van der Waals surface area (Å²) in [5.74, 6) is -0.473. The molecule has 2 heterocycles. The highest BCUT2D eigenvalue weighted by Crippen LogP contribution is 2.24. The summed E-state index contributed by atoms with van der Waals surface area (Å²) in [5.41, 5.74) is 0.969. The quantitative estimate of drug-likeness (QED) is 0.836. The van der Waals surface area contributed by atoms with E-state index in [2.05, 4.69) is 4.98 Å². The number of aliphatic hydroxyl groups is 2. The van der Waals surface area contributed by atoms with Gasteiger partial charge in [0.1, 0.15) is 17.1 Å². The molecule has 152 valence electrons. The lowest BCUT2D eigenvalue weighted by atomic mass is 10.0. The Labute approximate surface area is 160 Å². The molecule has 0 saturated carbocycles. The van der Waals surface area contributed by atoms with Gasteiger partial charge in [-0.25, -0.2) is 9.18 Å². The summed E-state index contributed by atoms with van der Waals surface area (Å²) in [6, 6.07) is 1.32. The Morgan fingerprint density at radius 1 is 1.41 bits per heavy atom. The summed E-state index contributed by atoms with van der Waals surface area (Å²) in [6.07, 6.45) is 2.60. The lowest BCUT2D eigenvalue weighted by Crippen LogP contribution is -2.39. The molecule has 1 aliphatic rings. The Bertz CT molecular complexity index is 656. The lowest BCUT2D eigenvalue weighted by Gasteiger charge is -2.29. The number of halogens is 1. The standard InChI is InChI=1S/C18H25FN2O4.C2H6/c1-18(2,3)25-17(24)21-6-4-13(5-7-21)16-15(19)9-12(10-20-16)8-14(23)11-22;1-2/h4,9-10,14,22-23H,5-8,11H2,1-3H3;1-2H3/t14-;/m1./s1. The third-order valence-electron chi connectivity index (χ3n) is 3.74. The van der Waals surface area contributed by atoms with Gasteiger partial charge in [0.15, 0.2) is 0 Å². The molecule has 0 saturated heterocycles. The van der Waals surface area contributed by atoms with Gasteiger partial charge in [-0.3, -0.25) is 4.98 Å². The topological polar surface area (TPSA) is 82.9 Å². The monoisotopic (exact) mass is 382 g/mol. The molecule has 0 aromatic carbocycles. The van der Waals surface area contributed by atoms with Gasteiger partial charge in [-0.2, -0.15) is 0 Å². The van der Waals surface area contributed by atoms with E-state index in [-0.39, 0.29) is 24.8 Å².